The number of rotatable bonds is 4. The first-order chi connectivity index (χ1) is 11.3. The molecule has 0 spiro atoms. The lowest BCUT2D eigenvalue weighted by Crippen LogP contribution is -2.50. The predicted octanol–water partition coefficient (Wildman–Crippen LogP) is 1.77. The van der Waals surface area contributed by atoms with E-state index in [2.05, 4.69) is 0 Å². The molecule has 0 saturated carbocycles. The van der Waals surface area contributed by atoms with Gasteiger partial charge in [0.15, 0.2) is 0 Å². The van der Waals surface area contributed by atoms with Gasteiger partial charge in [-0.2, -0.15) is 4.31 Å². The summed E-state index contributed by atoms with van der Waals surface area (Å²) in [6.07, 6.45) is -0.400. The maximum absolute atomic E-state index is 12.9. The van der Waals surface area contributed by atoms with Gasteiger partial charge >= 0.3 is 6.09 Å². The van der Waals surface area contributed by atoms with Crippen molar-refractivity contribution in [3.63, 3.8) is 0 Å². The number of ether oxygens (including phenoxy) is 2. The molecule has 1 aromatic rings. The van der Waals surface area contributed by atoms with Crippen molar-refractivity contribution in [3.05, 3.63) is 23.3 Å². The van der Waals surface area contributed by atoms with E-state index in [1.54, 1.807) is 26.0 Å². The largest absolute Gasteiger partial charge is 0.496 e. The number of methoxy groups -OCH3 is 1. The molecule has 1 aromatic carbocycles. The molecule has 0 aromatic heterocycles. The third-order valence-corrected chi connectivity index (χ3v) is 6.12. The van der Waals surface area contributed by atoms with Crippen molar-refractivity contribution >= 4 is 16.1 Å². The van der Waals surface area contributed by atoms with Gasteiger partial charge in [-0.1, -0.05) is 6.07 Å². The third kappa shape index (κ3) is 3.64. The summed E-state index contributed by atoms with van der Waals surface area (Å²) in [5.41, 5.74) is 1.57. The number of carbonyl (C=O) groups is 1. The number of amides is 1. The molecule has 1 fully saturated rings. The molecule has 0 N–H and O–H groups in total. The van der Waals surface area contributed by atoms with Crippen LogP contribution in [0.1, 0.15) is 18.1 Å². The van der Waals surface area contributed by atoms with Crippen molar-refractivity contribution < 1.29 is 22.7 Å². The van der Waals surface area contributed by atoms with Crippen molar-refractivity contribution in [2.45, 2.75) is 25.7 Å². The van der Waals surface area contributed by atoms with Crippen LogP contribution in [0.2, 0.25) is 0 Å². The van der Waals surface area contributed by atoms with Gasteiger partial charge in [0, 0.05) is 32.2 Å². The van der Waals surface area contributed by atoms with Crippen LogP contribution in [0.15, 0.2) is 17.0 Å². The van der Waals surface area contributed by atoms with Gasteiger partial charge < -0.3 is 14.4 Å². The molecule has 0 aliphatic carbocycles. The molecule has 1 aliphatic heterocycles. The molecule has 0 unspecified atom stereocenters. The van der Waals surface area contributed by atoms with Crippen LogP contribution in [-0.4, -0.2) is 63.6 Å². The molecular weight excluding hydrogens is 332 g/mol. The Hall–Kier alpha value is -1.80. The van der Waals surface area contributed by atoms with Crippen LogP contribution in [0, 0.1) is 13.8 Å². The highest BCUT2D eigenvalue weighted by atomic mass is 32.2. The standard InChI is InChI=1S/C16H24N2O5S/c1-5-23-16(19)17-6-8-18(9-7-17)24(20,21)15-11-14(22-4)12(2)10-13(15)3/h10-11H,5-9H2,1-4H3. The number of carbonyl (C=O) groups excluding carboxylic acids is 1. The smallest absolute Gasteiger partial charge is 0.409 e. The number of hydrogen-bond donors (Lipinski definition) is 0. The van der Waals surface area contributed by atoms with E-state index in [0.717, 1.165) is 5.56 Å². The fourth-order valence-corrected chi connectivity index (χ4v) is 4.42. The Labute approximate surface area is 143 Å². The highest BCUT2D eigenvalue weighted by molar-refractivity contribution is 7.89. The van der Waals surface area contributed by atoms with Crippen molar-refractivity contribution in [2.24, 2.45) is 0 Å². The average molecular weight is 356 g/mol. The van der Waals surface area contributed by atoms with Gasteiger partial charge in [0.25, 0.3) is 0 Å². The van der Waals surface area contributed by atoms with Crippen molar-refractivity contribution in [2.75, 3.05) is 39.9 Å². The fraction of sp³-hybridized carbons (Fsp3) is 0.562. The molecular formula is C16H24N2O5S. The van der Waals surface area contributed by atoms with Crippen LogP contribution < -0.4 is 4.74 Å². The number of hydrogen-bond acceptors (Lipinski definition) is 5. The summed E-state index contributed by atoms with van der Waals surface area (Å²) in [4.78, 5) is 13.5. The van der Waals surface area contributed by atoms with Gasteiger partial charge in [-0.3, -0.25) is 0 Å². The van der Waals surface area contributed by atoms with Gasteiger partial charge in [-0.15, -0.1) is 0 Å². The van der Waals surface area contributed by atoms with E-state index in [9.17, 15) is 13.2 Å². The SMILES string of the molecule is CCOC(=O)N1CCN(S(=O)(=O)c2cc(OC)c(C)cc2C)CC1. The Bertz CT molecular complexity index is 709. The first-order valence-corrected chi connectivity index (χ1v) is 9.32. The van der Waals surface area contributed by atoms with Crippen molar-refractivity contribution in [1.29, 1.82) is 0 Å². The summed E-state index contributed by atoms with van der Waals surface area (Å²) < 4.78 is 37.5. The molecule has 24 heavy (non-hydrogen) atoms. The molecule has 1 amide bonds. The molecule has 1 aliphatic rings. The van der Waals surface area contributed by atoms with Gasteiger partial charge in [-0.25, -0.2) is 13.2 Å². The maximum atomic E-state index is 12.9. The Morgan fingerprint density at radius 3 is 2.29 bits per heavy atom. The molecule has 0 atom stereocenters. The highest BCUT2D eigenvalue weighted by Gasteiger charge is 2.32. The lowest BCUT2D eigenvalue weighted by molar-refractivity contribution is 0.0934. The Balaban J connectivity index is 2.19. The number of benzene rings is 1. The molecule has 0 bridgehead atoms. The van der Waals surface area contributed by atoms with E-state index >= 15 is 0 Å². The summed E-state index contributed by atoms with van der Waals surface area (Å²) in [6, 6.07) is 3.37. The van der Waals surface area contributed by atoms with E-state index in [4.69, 9.17) is 9.47 Å². The quantitative estimate of drug-likeness (QED) is 0.822. The van der Waals surface area contributed by atoms with E-state index in [-0.39, 0.29) is 18.0 Å². The van der Waals surface area contributed by atoms with Crippen LogP contribution in [0.5, 0.6) is 5.75 Å². The first-order valence-electron chi connectivity index (χ1n) is 7.88. The Morgan fingerprint density at radius 1 is 1.12 bits per heavy atom. The zero-order valence-corrected chi connectivity index (χ0v) is 15.4. The van der Waals surface area contributed by atoms with E-state index in [1.165, 1.54) is 16.3 Å². The van der Waals surface area contributed by atoms with Crippen LogP contribution in [0.25, 0.3) is 0 Å². The van der Waals surface area contributed by atoms with Crippen LogP contribution in [0.3, 0.4) is 0 Å². The average Bonchev–Trinajstić information content (AvgIpc) is 2.55. The summed E-state index contributed by atoms with van der Waals surface area (Å²) in [5.74, 6) is 0.546. The minimum absolute atomic E-state index is 0.245. The van der Waals surface area contributed by atoms with Crippen LogP contribution in [0.4, 0.5) is 4.79 Å². The number of nitrogens with zero attached hydrogens (tertiary/aromatic N) is 2. The summed E-state index contributed by atoms with van der Waals surface area (Å²) in [5, 5.41) is 0. The summed E-state index contributed by atoms with van der Waals surface area (Å²) >= 11 is 0. The summed E-state index contributed by atoms with van der Waals surface area (Å²) in [7, 11) is -2.11. The number of sulfonamides is 1. The lowest BCUT2D eigenvalue weighted by Gasteiger charge is -2.33. The zero-order valence-electron chi connectivity index (χ0n) is 14.5. The molecule has 134 valence electrons. The van der Waals surface area contributed by atoms with Gasteiger partial charge in [0.2, 0.25) is 10.0 Å². The fourth-order valence-electron chi connectivity index (χ4n) is 2.78. The van der Waals surface area contributed by atoms with E-state index in [1.807, 2.05) is 6.92 Å². The van der Waals surface area contributed by atoms with E-state index in [0.29, 0.717) is 31.0 Å². The molecule has 8 heteroatoms. The normalized spacial score (nSPS) is 16.1. The van der Waals surface area contributed by atoms with Gasteiger partial charge in [0.1, 0.15) is 5.75 Å². The maximum Gasteiger partial charge on any atom is 0.409 e. The zero-order chi connectivity index (χ0) is 17.9. The Morgan fingerprint density at radius 2 is 1.75 bits per heavy atom. The van der Waals surface area contributed by atoms with Crippen LogP contribution in [-0.2, 0) is 14.8 Å². The highest BCUT2D eigenvalue weighted by Crippen LogP contribution is 2.28. The topological polar surface area (TPSA) is 76.2 Å². The number of piperazine rings is 1. The summed E-state index contributed by atoms with van der Waals surface area (Å²) in [6.45, 7) is 6.83. The molecule has 2 rings (SSSR count). The first kappa shape index (κ1) is 18.5. The Kier molecular flexibility index (Phi) is 5.71. The number of aryl methyl sites for hydroxylation is 2. The second-order valence-electron chi connectivity index (χ2n) is 5.68. The second kappa shape index (κ2) is 7.40. The molecule has 0 radical (unpaired) electrons. The minimum Gasteiger partial charge on any atom is -0.496 e. The lowest BCUT2D eigenvalue weighted by atomic mass is 10.1. The molecule has 1 saturated heterocycles. The molecule has 7 nitrogen and oxygen atoms in total. The van der Waals surface area contributed by atoms with Crippen molar-refractivity contribution in [1.82, 2.24) is 9.21 Å². The van der Waals surface area contributed by atoms with Crippen LogP contribution >= 0.6 is 0 Å². The minimum atomic E-state index is -3.63. The van der Waals surface area contributed by atoms with Crippen molar-refractivity contribution in [3.8, 4) is 5.75 Å². The predicted molar refractivity (Wildman–Crippen MR) is 89.8 cm³/mol. The van der Waals surface area contributed by atoms with Gasteiger partial charge in [0.05, 0.1) is 18.6 Å². The third-order valence-electron chi connectivity index (χ3n) is 4.07. The van der Waals surface area contributed by atoms with Gasteiger partial charge in [-0.05, 0) is 31.9 Å². The van der Waals surface area contributed by atoms with E-state index < -0.39 is 16.1 Å². The second-order valence-corrected chi connectivity index (χ2v) is 7.58. The monoisotopic (exact) mass is 356 g/mol. The molecule has 1 heterocycles.